The van der Waals surface area contributed by atoms with Gasteiger partial charge in [0.05, 0.1) is 0 Å². The van der Waals surface area contributed by atoms with Crippen LogP contribution in [0.2, 0.25) is 0 Å². The second-order valence-electron chi connectivity index (χ2n) is 7.84. The van der Waals surface area contributed by atoms with Gasteiger partial charge in [-0.1, -0.05) is 6.42 Å². The summed E-state index contributed by atoms with van der Waals surface area (Å²) in [5.41, 5.74) is 0.688. The highest BCUT2D eigenvalue weighted by atomic mass is 32.2. The van der Waals surface area contributed by atoms with E-state index < -0.39 is 16.3 Å². The standard InChI is InChI=1S/C20H32N4O5S/c1-17(25)21-18-5-7-20(8-6-18)29-16-19(26)15-22-11-13-24(14-12-22)30(27,28)23-9-3-2-4-10-23/h5-8,19,26H,2-4,9-16H2,1H3,(H,21,25)/t19-/m1/s1. The topological polar surface area (TPSA) is 102 Å². The molecule has 1 aromatic carbocycles. The van der Waals surface area contributed by atoms with Crippen LogP contribution < -0.4 is 10.1 Å². The van der Waals surface area contributed by atoms with Crippen molar-refractivity contribution in [3.05, 3.63) is 24.3 Å². The van der Waals surface area contributed by atoms with E-state index in [-0.39, 0.29) is 12.5 Å². The molecule has 1 aromatic rings. The van der Waals surface area contributed by atoms with Crippen molar-refractivity contribution in [2.24, 2.45) is 0 Å². The maximum absolute atomic E-state index is 12.8. The van der Waals surface area contributed by atoms with E-state index in [1.807, 2.05) is 0 Å². The molecular formula is C20H32N4O5S. The number of aliphatic hydroxyl groups excluding tert-OH is 1. The Hall–Kier alpha value is -1.72. The molecule has 3 rings (SSSR count). The predicted molar refractivity (Wildman–Crippen MR) is 115 cm³/mol. The summed E-state index contributed by atoms with van der Waals surface area (Å²) in [5.74, 6) is 0.475. The molecule has 0 radical (unpaired) electrons. The van der Waals surface area contributed by atoms with Crippen LogP contribution in [0.4, 0.5) is 5.69 Å². The average Bonchev–Trinajstić information content (AvgIpc) is 2.74. The lowest BCUT2D eigenvalue weighted by Gasteiger charge is -2.38. The number of anilines is 1. The zero-order valence-corrected chi connectivity index (χ0v) is 18.3. The average molecular weight is 441 g/mol. The van der Waals surface area contributed by atoms with Crippen LogP contribution >= 0.6 is 0 Å². The summed E-state index contributed by atoms with van der Waals surface area (Å²) >= 11 is 0. The Morgan fingerprint density at radius 3 is 2.23 bits per heavy atom. The Bertz CT molecular complexity index is 788. The number of aliphatic hydroxyl groups is 1. The maximum Gasteiger partial charge on any atom is 0.282 e. The molecule has 168 valence electrons. The lowest BCUT2D eigenvalue weighted by Crippen LogP contribution is -2.54. The number of piperidine rings is 1. The molecule has 0 unspecified atom stereocenters. The summed E-state index contributed by atoms with van der Waals surface area (Å²) in [5, 5.41) is 13.0. The van der Waals surface area contributed by atoms with Crippen LogP contribution in [0.25, 0.3) is 0 Å². The summed E-state index contributed by atoms with van der Waals surface area (Å²) in [4.78, 5) is 13.1. The lowest BCUT2D eigenvalue weighted by atomic mass is 10.2. The smallest absolute Gasteiger partial charge is 0.282 e. The Kier molecular flexibility index (Phi) is 8.06. The van der Waals surface area contributed by atoms with E-state index in [0.29, 0.717) is 57.3 Å². The number of hydrogen-bond acceptors (Lipinski definition) is 6. The molecular weight excluding hydrogens is 408 g/mol. The van der Waals surface area contributed by atoms with Gasteiger partial charge in [-0.15, -0.1) is 0 Å². The summed E-state index contributed by atoms with van der Waals surface area (Å²) in [6, 6.07) is 6.96. The zero-order valence-electron chi connectivity index (χ0n) is 17.5. The second kappa shape index (κ2) is 10.5. The van der Waals surface area contributed by atoms with Gasteiger partial charge in [-0.3, -0.25) is 9.69 Å². The minimum Gasteiger partial charge on any atom is -0.491 e. The van der Waals surface area contributed by atoms with Gasteiger partial charge in [0, 0.05) is 58.4 Å². The van der Waals surface area contributed by atoms with Crippen LogP contribution in [0.1, 0.15) is 26.2 Å². The van der Waals surface area contributed by atoms with Crippen LogP contribution in [0.3, 0.4) is 0 Å². The van der Waals surface area contributed by atoms with Gasteiger partial charge in [0.15, 0.2) is 0 Å². The minimum absolute atomic E-state index is 0.136. The van der Waals surface area contributed by atoms with Gasteiger partial charge in [-0.25, -0.2) is 0 Å². The number of ether oxygens (including phenoxy) is 1. The third-order valence-corrected chi connectivity index (χ3v) is 7.42. The summed E-state index contributed by atoms with van der Waals surface area (Å²) in [6.45, 7) is 5.32. The van der Waals surface area contributed by atoms with Gasteiger partial charge in [0.25, 0.3) is 10.2 Å². The number of amides is 1. The number of β-amino-alcohol motifs (C(OH)–C–C–N with tert-alkyl or cyclic N) is 1. The van der Waals surface area contributed by atoms with Crippen molar-refractivity contribution in [3.8, 4) is 5.75 Å². The first-order chi connectivity index (χ1) is 14.3. The number of benzene rings is 1. The molecule has 2 aliphatic heterocycles. The number of nitrogens with one attached hydrogen (secondary N) is 1. The predicted octanol–water partition coefficient (Wildman–Crippen LogP) is 0.733. The van der Waals surface area contributed by atoms with Gasteiger partial charge < -0.3 is 15.2 Å². The number of piperazine rings is 1. The van der Waals surface area contributed by atoms with Crippen molar-refractivity contribution < 1.29 is 23.1 Å². The van der Waals surface area contributed by atoms with Gasteiger partial charge in [-0.2, -0.15) is 17.0 Å². The van der Waals surface area contributed by atoms with Crippen LogP contribution in [-0.2, 0) is 15.0 Å². The Morgan fingerprint density at radius 1 is 1.03 bits per heavy atom. The van der Waals surface area contributed by atoms with Crippen molar-refractivity contribution in [3.63, 3.8) is 0 Å². The Morgan fingerprint density at radius 2 is 1.63 bits per heavy atom. The van der Waals surface area contributed by atoms with Gasteiger partial charge in [-0.05, 0) is 37.1 Å². The molecule has 1 amide bonds. The van der Waals surface area contributed by atoms with Crippen molar-refractivity contribution in [2.75, 3.05) is 57.7 Å². The van der Waals surface area contributed by atoms with E-state index >= 15 is 0 Å². The monoisotopic (exact) mass is 440 g/mol. The highest BCUT2D eigenvalue weighted by Crippen LogP contribution is 2.19. The van der Waals surface area contributed by atoms with Gasteiger partial charge in [0.1, 0.15) is 18.5 Å². The minimum atomic E-state index is -3.37. The summed E-state index contributed by atoms with van der Waals surface area (Å²) in [6.07, 6.45) is 2.28. The molecule has 0 spiro atoms. The molecule has 0 saturated carbocycles. The molecule has 2 aliphatic rings. The van der Waals surface area contributed by atoms with Crippen molar-refractivity contribution >= 4 is 21.8 Å². The van der Waals surface area contributed by atoms with E-state index in [0.717, 1.165) is 19.3 Å². The third-order valence-electron chi connectivity index (χ3n) is 5.38. The molecule has 1 atom stereocenters. The zero-order chi connectivity index (χ0) is 21.6. The van der Waals surface area contributed by atoms with Crippen LogP contribution in [0.15, 0.2) is 24.3 Å². The molecule has 10 heteroatoms. The van der Waals surface area contributed by atoms with Crippen molar-refractivity contribution in [1.82, 2.24) is 13.5 Å². The highest BCUT2D eigenvalue weighted by Gasteiger charge is 2.33. The molecule has 2 heterocycles. The number of nitrogens with zero attached hydrogens (tertiary/aromatic N) is 3. The van der Waals surface area contributed by atoms with E-state index in [9.17, 15) is 18.3 Å². The van der Waals surface area contributed by atoms with E-state index in [2.05, 4.69) is 10.2 Å². The summed E-state index contributed by atoms with van der Waals surface area (Å²) in [7, 11) is -3.37. The van der Waals surface area contributed by atoms with E-state index in [1.165, 1.54) is 6.92 Å². The quantitative estimate of drug-likeness (QED) is 0.618. The molecule has 0 aromatic heterocycles. The fourth-order valence-electron chi connectivity index (χ4n) is 3.78. The number of hydrogen-bond donors (Lipinski definition) is 2. The maximum atomic E-state index is 12.8. The first-order valence-electron chi connectivity index (χ1n) is 10.5. The van der Waals surface area contributed by atoms with Gasteiger partial charge >= 0.3 is 0 Å². The van der Waals surface area contributed by atoms with Crippen LogP contribution in [-0.4, -0.2) is 91.5 Å². The molecule has 0 bridgehead atoms. The first-order valence-corrected chi connectivity index (χ1v) is 11.9. The van der Waals surface area contributed by atoms with Crippen LogP contribution in [0.5, 0.6) is 5.75 Å². The SMILES string of the molecule is CC(=O)Nc1ccc(OC[C@H](O)CN2CCN(S(=O)(=O)N3CCCCC3)CC2)cc1. The molecule has 2 fully saturated rings. The normalized spacial score (nSPS) is 20.6. The Labute approximate surface area is 178 Å². The lowest BCUT2D eigenvalue weighted by molar-refractivity contribution is -0.114. The summed E-state index contributed by atoms with van der Waals surface area (Å²) < 4.78 is 34.3. The van der Waals surface area contributed by atoms with E-state index in [1.54, 1.807) is 32.9 Å². The number of carbonyl (C=O) groups excluding carboxylic acids is 1. The second-order valence-corrected chi connectivity index (χ2v) is 9.77. The number of rotatable bonds is 8. The molecule has 0 aliphatic carbocycles. The van der Waals surface area contributed by atoms with Crippen LogP contribution in [0, 0.1) is 0 Å². The number of carbonyl (C=O) groups is 1. The van der Waals surface area contributed by atoms with Crippen molar-refractivity contribution in [1.29, 1.82) is 0 Å². The first kappa shape index (κ1) is 23.0. The van der Waals surface area contributed by atoms with E-state index in [4.69, 9.17) is 4.74 Å². The largest absolute Gasteiger partial charge is 0.491 e. The molecule has 9 nitrogen and oxygen atoms in total. The molecule has 2 saturated heterocycles. The fourth-order valence-corrected chi connectivity index (χ4v) is 5.45. The third kappa shape index (κ3) is 6.39. The molecule has 30 heavy (non-hydrogen) atoms. The fraction of sp³-hybridized carbons (Fsp3) is 0.650. The molecule has 2 N–H and O–H groups in total. The Balaban J connectivity index is 1.39. The highest BCUT2D eigenvalue weighted by molar-refractivity contribution is 7.86. The van der Waals surface area contributed by atoms with Crippen molar-refractivity contribution in [2.45, 2.75) is 32.3 Å². The van der Waals surface area contributed by atoms with Gasteiger partial charge in [0.2, 0.25) is 5.91 Å².